The van der Waals surface area contributed by atoms with Crippen molar-refractivity contribution in [3.8, 4) is 0 Å². The molecule has 23 heavy (non-hydrogen) atoms. The van der Waals surface area contributed by atoms with E-state index in [0.29, 0.717) is 0 Å². The third-order valence-electron chi connectivity index (χ3n) is 5.59. The van der Waals surface area contributed by atoms with Crippen molar-refractivity contribution in [2.75, 3.05) is 0 Å². The maximum absolute atomic E-state index is 2.53. The highest BCUT2D eigenvalue weighted by Crippen LogP contribution is 2.49. The van der Waals surface area contributed by atoms with Gasteiger partial charge in [0.2, 0.25) is 0 Å². The molecule has 3 rings (SSSR count). The van der Waals surface area contributed by atoms with Crippen LogP contribution in [0.4, 0.5) is 0 Å². The molecule has 0 bridgehead atoms. The van der Waals surface area contributed by atoms with E-state index in [-0.39, 0.29) is 7.92 Å². The van der Waals surface area contributed by atoms with E-state index in [4.69, 9.17) is 0 Å². The SMILES string of the molecule is CC[C@@H]1CCCC[C@H]1C(C)P(c1ccccc1)c1ccccc1. The van der Waals surface area contributed by atoms with Crippen LogP contribution in [-0.2, 0) is 0 Å². The maximum atomic E-state index is 2.53. The van der Waals surface area contributed by atoms with Gasteiger partial charge in [-0.3, -0.25) is 0 Å². The lowest BCUT2D eigenvalue weighted by Crippen LogP contribution is -2.32. The van der Waals surface area contributed by atoms with Crippen LogP contribution < -0.4 is 10.6 Å². The third-order valence-corrected chi connectivity index (χ3v) is 8.49. The first-order chi connectivity index (χ1) is 11.3. The summed E-state index contributed by atoms with van der Waals surface area (Å²) in [6.45, 7) is 4.92. The first kappa shape index (κ1) is 16.7. The third kappa shape index (κ3) is 3.86. The molecule has 1 heteroatoms. The summed E-state index contributed by atoms with van der Waals surface area (Å²) in [6.07, 6.45) is 7.09. The topological polar surface area (TPSA) is 0 Å². The second-order valence-electron chi connectivity index (χ2n) is 6.90. The Labute approximate surface area is 143 Å². The van der Waals surface area contributed by atoms with Crippen LogP contribution in [0.25, 0.3) is 0 Å². The van der Waals surface area contributed by atoms with Crippen LogP contribution in [0.15, 0.2) is 60.7 Å². The van der Waals surface area contributed by atoms with Gasteiger partial charge in [0.15, 0.2) is 0 Å². The molecule has 0 aliphatic heterocycles. The number of benzene rings is 2. The zero-order valence-corrected chi connectivity index (χ0v) is 15.4. The molecule has 2 aromatic carbocycles. The number of hydrogen-bond donors (Lipinski definition) is 0. The average Bonchev–Trinajstić information content (AvgIpc) is 2.63. The van der Waals surface area contributed by atoms with Gasteiger partial charge in [-0.05, 0) is 42.4 Å². The van der Waals surface area contributed by atoms with Gasteiger partial charge in [0, 0.05) is 0 Å². The van der Waals surface area contributed by atoms with Crippen molar-refractivity contribution in [3.05, 3.63) is 60.7 Å². The second-order valence-corrected chi connectivity index (χ2v) is 9.49. The minimum absolute atomic E-state index is 0.267. The Kier molecular flexibility index (Phi) is 5.90. The van der Waals surface area contributed by atoms with Crippen molar-refractivity contribution in [1.82, 2.24) is 0 Å². The summed E-state index contributed by atoms with van der Waals surface area (Å²) in [4.78, 5) is 0. The molecule has 0 nitrogen and oxygen atoms in total. The van der Waals surface area contributed by atoms with E-state index < -0.39 is 0 Å². The fourth-order valence-corrected chi connectivity index (χ4v) is 7.37. The molecule has 1 saturated carbocycles. The van der Waals surface area contributed by atoms with E-state index in [1.807, 2.05) is 0 Å². The van der Waals surface area contributed by atoms with Crippen LogP contribution in [0.3, 0.4) is 0 Å². The van der Waals surface area contributed by atoms with E-state index in [9.17, 15) is 0 Å². The van der Waals surface area contributed by atoms with Gasteiger partial charge in [0.05, 0.1) is 0 Å². The zero-order chi connectivity index (χ0) is 16.1. The van der Waals surface area contributed by atoms with E-state index in [0.717, 1.165) is 17.5 Å². The minimum atomic E-state index is -0.267. The summed E-state index contributed by atoms with van der Waals surface area (Å²) in [5.41, 5.74) is 0.764. The molecular formula is C22H29P. The van der Waals surface area contributed by atoms with Gasteiger partial charge in [-0.2, -0.15) is 0 Å². The Hall–Kier alpha value is -1.13. The molecule has 1 aliphatic carbocycles. The van der Waals surface area contributed by atoms with Crippen molar-refractivity contribution < 1.29 is 0 Å². The van der Waals surface area contributed by atoms with Crippen molar-refractivity contribution >= 4 is 18.5 Å². The van der Waals surface area contributed by atoms with Gasteiger partial charge in [0.1, 0.15) is 0 Å². The van der Waals surface area contributed by atoms with Crippen molar-refractivity contribution in [3.63, 3.8) is 0 Å². The highest BCUT2D eigenvalue weighted by atomic mass is 31.1. The molecule has 0 heterocycles. The highest BCUT2D eigenvalue weighted by Gasteiger charge is 2.33. The summed E-state index contributed by atoms with van der Waals surface area (Å²) >= 11 is 0. The van der Waals surface area contributed by atoms with E-state index in [1.165, 1.54) is 32.1 Å². The summed E-state index contributed by atoms with van der Waals surface area (Å²) in [5.74, 6) is 1.82. The molecule has 2 aromatic rings. The van der Waals surface area contributed by atoms with Crippen LogP contribution in [0.1, 0.15) is 46.0 Å². The van der Waals surface area contributed by atoms with Crippen LogP contribution in [0.5, 0.6) is 0 Å². The van der Waals surface area contributed by atoms with Gasteiger partial charge >= 0.3 is 0 Å². The first-order valence-corrected chi connectivity index (χ1v) is 10.6. The van der Waals surface area contributed by atoms with Crippen molar-refractivity contribution in [2.45, 2.75) is 51.6 Å². The molecular weight excluding hydrogens is 295 g/mol. The predicted molar refractivity (Wildman–Crippen MR) is 104 cm³/mol. The summed E-state index contributed by atoms with van der Waals surface area (Å²) in [6, 6.07) is 22.5. The highest BCUT2D eigenvalue weighted by molar-refractivity contribution is 7.73. The van der Waals surface area contributed by atoms with Gasteiger partial charge in [-0.15, -0.1) is 0 Å². The molecule has 0 spiro atoms. The molecule has 3 atom stereocenters. The molecule has 0 amide bonds. The summed E-state index contributed by atoms with van der Waals surface area (Å²) in [7, 11) is -0.267. The smallest absolute Gasteiger partial charge is 0.0126 e. The van der Waals surface area contributed by atoms with E-state index in [2.05, 4.69) is 74.5 Å². The van der Waals surface area contributed by atoms with E-state index >= 15 is 0 Å². The Morgan fingerprint density at radius 1 is 0.870 bits per heavy atom. The summed E-state index contributed by atoms with van der Waals surface area (Å²) in [5, 5.41) is 3.09. The molecule has 1 unspecified atom stereocenters. The van der Waals surface area contributed by atoms with Gasteiger partial charge < -0.3 is 0 Å². The normalized spacial score (nSPS) is 22.9. The lowest BCUT2D eigenvalue weighted by molar-refractivity contribution is 0.229. The average molecular weight is 324 g/mol. The zero-order valence-electron chi connectivity index (χ0n) is 14.5. The van der Waals surface area contributed by atoms with Crippen LogP contribution in [0, 0.1) is 11.8 Å². The van der Waals surface area contributed by atoms with Gasteiger partial charge in [-0.25, -0.2) is 0 Å². The van der Waals surface area contributed by atoms with Crippen LogP contribution >= 0.6 is 7.92 Å². The molecule has 1 fully saturated rings. The lowest BCUT2D eigenvalue weighted by atomic mass is 9.76. The lowest BCUT2D eigenvalue weighted by Gasteiger charge is -2.39. The Morgan fingerprint density at radius 3 is 1.91 bits per heavy atom. The monoisotopic (exact) mass is 324 g/mol. The molecule has 0 radical (unpaired) electrons. The molecule has 0 N–H and O–H groups in total. The van der Waals surface area contributed by atoms with Crippen molar-refractivity contribution in [1.29, 1.82) is 0 Å². The van der Waals surface area contributed by atoms with Gasteiger partial charge in [-0.1, -0.05) is 100 Å². The molecule has 122 valence electrons. The molecule has 1 aliphatic rings. The standard InChI is InChI=1S/C22H29P/c1-3-19-12-10-11-17-22(19)18(2)23(20-13-6-4-7-14-20)21-15-8-5-9-16-21/h4-9,13-16,18-19,22H,3,10-12,17H2,1-2H3/t18?,19-,22+/m1/s1. The van der Waals surface area contributed by atoms with Crippen molar-refractivity contribution in [2.24, 2.45) is 11.8 Å². The largest absolute Gasteiger partial charge is 0.0651 e. The fraction of sp³-hybridized carbons (Fsp3) is 0.455. The van der Waals surface area contributed by atoms with Crippen LogP contribution in [-0.4, -0.2) is 5.66 Å². The van der Waals surface area contributed by atoms with Crippen LogP contribution in [0.2, 0.25) is 0 Å². The Balaban J connectivity index is 1.94. The quantitative estimate of drug-likeness (QED) is 0.617. The number of hydrogen-bond acceptors (Lipinski definition) is 0. The second kappa shape index (κ2) is 8.11. The fourth-order valence-electron chi connectivity index (χ4n) is 4.37. The minimum Gasteiger partial charge on any atom is -0.0651 e. The van der Waals surface area contributed by atoms with E-state index in [1.54, 1.807) is 10.6 Å². The maximum Gasteiger partial charge on any atom is -0.0126 e. The summed E-state index contributed by atoms with van der Waals surface area (Å²) < 4.78 is 0. The number of rotatable bonds is 5. The predicted octanol–water partition coefficient (Wildman–Crippen LogP) is 5.72. The first-order valence-electron chi connectivity index (χ1n) is 9.20. The Bertz CT molecular complexity index is 538. The Morgan fingerprint density at radius 2 is 1.39 bits per heavy atom. The molecule has 0 aromatic heterocycles. The van der Waals surface area contributed by atoms with Gasteiger partial charge in [0.25, 0.3) is 0 Å². The molecule has 0 saturated heterocycles.